The molecule has 5 nitrogen and oxygen atoms in total. The third-order valence-corrected chi connectivity index (χ3v) is 4.18. The van der Waals surface area contributed by atoms with Gasteiger partial charge in [0.05, 0.1) is 13.5 Å². The zero-order chi connectivity index (χ0) is 19.1. The normalized spacial score (nSPS) is 10.3. The highest BCUT2D eigenvalue weighted by Crippen LogP contribution is 2.23. The first-order valence-electron chi connectivity index (χ1n) is 8.31. The lowest BCUT2D eigenvalue weighted by atomic mass is 10.1. The van der Waals surface area contributed by atoms with Gasteiger partial charge in [-0.2, -0.15) is 0 Å². The molecule has 2 aromatic rings. The highest BCUT2D eigenvalue weighted by molar-refractivity contribution is 6.30. The largest absolute Gasteiger partial charge is 0.496 e. The molecule has 0 radical (unpaired) electrons. The molecule has 2 aromatic carbocycles. The van der Waals surface area contributed by atoms with Crippen molar-refractivity contribution in [2.75, 3.05) is 19.0 Å². The molecule has 26 heavy (non-hydrogen) atoms. The molecular weight excluding hydrogens is 354 g/mol. The van der Waals surface area contributed by atoms with Crippen LogP contribution in [-0.4, -0.2) is 25.6 Å². The van der Waals surface area contributed by atoms with E-state index in [0.29, 0.717) is 16.3 Å². The van der Waals surface area contributed by atoms with Gasteiger partial charge in [-0.25, -0.2) is 0 Å². The molecule has 0 unspecified atom stereocenters. The second-order valence-corrected chi connectivity index (χ2v) is 6.24. The van der Waals surface area contributed by atoms with Crippen molar-refractivity contribution in [3.05, 3.63) is 58.1 Å². The number of ether oxygens (including phenoxy) is 2. The Bertz CT molecular complexity index is 804. The summed E-state index contributed by atoms with van der Waals surface area (Å²) in [6.07, 6.45) is 0.771. The Kier molecular flexibility index (Phi) is 7.04. The van der Waals surface area contributed by atoms with Crippen LogP contribution >= 0.6 is 11.6 Å². The number of esters is 1. The van der Waals surface area contributed by atoms with Crippen molar-refractivity contribution in [3.8, 4) is 5.75 Å². The van der Waals surface area contributed by atoms with E-state index < -0.39 is 5.97 Å². The topological polar surface area (TPSA) is 64.6 Å². The van der Waals surface area contributed by atoms with Gasteiger partial charge in [0.1, 0.15) is 5.75 Å². The fourth-order valence-corrected chi connectivity index (χ4v) is 2.81. The number of methoxy groups -OCH3 is 1. The number of nitrogens with one attached hydrogen (secondary N) is 1. The van der Waals surface area contributed by atoms with Gasteiger partial charge in [0, 0.05) is 16.3 Å². The molecule has 0 atom stereocenters. The van der Waals surface area contributed by atoms with Crippen molar-refractivity contribution < 1.29 is 19.1 Å². The van der Waals surface area contributed by atoms with E-state index >= 15 is 0 Å². The van der Waals surface area contributed by atoms with Crippen molar-refractivity contribution in [2.24, 2.45) is 0 Å². The second-order valence-electron chi connectivity index (χ2n) is 5.80. The number of benzene rings is 2. The standard InChI is InChI=1S/C20H22ClNO4/c1-4-14-7-5-6-13(2)20(14)22-18(23)12-26-19(24)11-15-10-16(21)8-9-17(15)25-3/h5-10H,4,11-12H2,1-3H3,(H,22,23). The summed E-state index contributed by atoms with van der Waals surface area (Å²) in [4.78, 5) is 24.2. The minimum Gasteiger partial charge on any atom is -0.496 e. The molecule has 0 heterocycles. The molecule has 138 valence electrons. The number of rotatable bonds is 7. The lowest BCUT2D eigenvalue weighted by Gasteiger charge is -2.13. The van der Waals surface area contributed by atoms with Gasteiger partial charge in [0.25, 0.3) is 5.91 Å². The first kappa shape index (κ1) is 19.8. The zero-order valence-electron chi connectivity index (χ0n) is 15.1. The Labute approximate surface area is 158 Å². The number of anilines is 1. The van der Waals surface area contributed by atoms with Crippen LogP contribution in [0.25, 0.3) is 0 Å². The van der Waals surface area contributed by atoms with Crippen molar-refractivity contribution in [1.29, 1.82) is 0 Å². The van der Waals surface area contributed by atoms with Crippen molar-refractivity contribution in [1.82, 2.24) is 0 Å². The molecule has 0 aliphatic carbocycles. The van der Waals surface area contributed by atoms with Crippen LogP contribution in [0.1, 0.15) is 23.6 Å². The SMILES string of the molecule is CCc1cccc(C)c1NC(=O)COC(=O)Cc1cc(Cl)ccc1OC. The molecule has 0 spiro atoms. The van der Waals surface area contributed by atoms with Gasteiger partial charge in [-0.3, -0.25) is 9.59 Å². The lowest BCUT2D eigenvalue weighted by molar-refractivity contribution is -0.146. The van der Waals surface area contributed by atoms with Crippen molar-refractivity contribution in [2.45, 2.75) is 26.7 Å². The van der Waals surface area contributed by atoms with Gasteiger partial charge in [-0.05, 0) is 42.7 Å². The Morgan fingerprint density at radius 1 is 1.15 bits per heavy atom. The summed E-state index contributed by atoms with van der Waals surface area (Å²) < 4.78 is 10.3. The van der Waals surface area contributed by atoms with E-state index in [2.05, 4.69) is 5.32 Å². The average molecular weight is 376 g/mol. The maximum Gasteiger partial charge on any atom is 0.310 e. The maximum atomic E-state index is 12.1. The molecule has 0 aliphatic rings. The van der Waals surface area contributed by atoms with E-state index in [-0.39, 0.29) is 18.9 Å². The van der Waals surface area contributed by atoms with Crippen molar-refractivity contribution >= 4 is 29.2 Å². The van der Waals surface area contributed by atoms with Crippen LogP contribution in [0.5, 0.6) is 5.75 Å². The summed E-state index contributed by atoms with van der Waals surface area (Å²) in [5, 5.41) is 3.32. The Balaban J connectivity index is 1.94. The minimum absolute atomic E-state index is 0.0262. The summed E-state index contributed by atoms with van der Waals surface area (Å²) >= 11 is 5.95. The molecule has 0 bridgehead atoms. The van der Waals surface area contributed by atoms with E-state index in [1.807, 2.05) is 32.0 Å². The van der Waals surface area contributed by atoms with Gasteiger partial charge in [-0.1, -0.05) is 36.7 Å². The van der Waals surface area contributed by atoms with E-state index in [9.17, 15) is 9.59 Å². The maximum absolute atomic E-state index is 12.1. The number of aryl methyl sites for hydroxylation is 2. The van der Waals surface area contributed by atoms with E-state index in [0.717, 1.165) is 23.2 Å². The molecule has 0 fully saturated rings. The number of hydrogen-bond donors (Lipinski definition) is 1. The quantitative estimate of drug-likeness (QED) is 0.744. The lowest BCUT2D eigenvalue weighted by Crippen LogP contribution is -2.22. The van der Waals surface area contributed by atoms with E-state index in [1.165, 1.54) is 7.11 Å². The molecule has 2 rings (SSSR count). The molecular formula is C20H22ClNO4. The summed E-state index contributed by atoms with van der Waals surface area (Å²) in [6, 6.07) is 10.8. The summed E-state index contributed by atoms with van der Waals surface area (Å²) in [5.41, 5.74) is 3.38. The van der Waals surface area contributed by atoms with Crippen LogP contribution in [0, 0.1) is 6.92 Å². The van der Waals surface area contributed by atoms with Crippen LogP contribution in [-0.2, 0) is 27.2 Å². The summed E-state index contributed by atoms with van der Waals surface area (Å²) in [5.74, 6) is -0.357. The van der Waals surface area contributed by atoms with Crippen LogP contribution in [0.3, 0.4) is 0 Å². The van der Waals surface area contributed by atoms with Gasteiger partial charge >= 0.3 is 5.97 Å². The summed E-state index contributed by atoms with van der Waals surface area (Å²) in [6.45, 7) is 3.59. The third-order valence-electron chi connectivity index (χ3n) is 3.95. The first-order chi connectivity index (χ1) is 12.4. The number of amides is 1. The van der Waals surface area contributed by atoms with E-state index in [4.69, 9.17) is 21.1 Å². The number of carbonyl (C=O) groups is 2. The first-order valence-corrected chi connectivity index (χ1v) is 8.68. The van der Waals surface area contributed by atoms with E-state index in [1.54, 1.807) is 18.2 Å². The molecule has 1 amide bonds. The third kappa shape index (κ3) is 5.23. The fourth-order valence-electron chi connectivity index (χ4n) is 2.62. The van der Waals surface area contributed by atoms with Crippen LogP contribution in [0.2, 0.25) is 5.02 Å². The molecule has 1 N–H and O–H groups in total. The molecule has 0 aliphatic heterocycles. The minimum atomic E-state index is -0.527. The molecule has 0 saturated carbocycles. The fraction of sp³-hybridized carbons (Fsp3) is 0.300. The Morgan fingerprint density at radius 2 is 1.92 bits per heavy atom. The second kappa shape index (κ2) is 9.25. The van der Waals surface area contributed by atoms with Crippen LogP contribution < -0.4 is 10.1 Å². The number of carbonyl (C=O) groups excluding carboxylic acids is 2. The number of para-hydroxylation sites is 1. The Hall–Kier alpha value is -2.53. The zero-order valence-corrected chi connectivity index (χ0v) is 15.9. The summed E-state index contributed by atoms with van der Waals surface area (Å²) in [7, 11) is 1.51. The van der Waals surface area contributed by atoms with Crippen LogP contribution in [0.4, 0.5) is 5.69 Å². The predicted octanol–water partition coefficient (Wildman–Crippen LogP) is 3.94. The monoisotopic (exact) mass is 375 g/mol. The highest BCUT2D eigenvalue weighted by atomic mass is 35.5. The molecule has 0 saturated heterocycles. The predicted molar refractivity (Wildman–Crippen MR) is 102 cm³/mol. The van der Waals surface area contributed by atoms with Gasteiger partial charge in [-0.15, -0.1) is 0 Å². The molecule has 6 heteroatoms. The average Bonchev–Trinajstić information content (AvgIpc) is 2.62. The van der Waals surface area contributed by atoms with Gasteiger partial charge in [0.15, 0.2) is 6.61 Å². The number of halogens is 1. The molecule has 0 aromatic heterocycles. The number of hydrogen-bond acceptors (Lipinski definition) is 4. The van der Waals surface area contributed by atoms with Crippen LogP contribution in [0.15, 0.2) is 36.4 Å². The Morgan fingerprint density at radius 3 is 2.62 bits per heavy atom. The van der Waals surface area contributed by atoms with Crippen molar-refractivity contribution in [3.63, 3.8) is 0 Å². The smallest absolute Gasteiger partial charge is 0.310 e. The highest BCUT2D eigenvalue weighted by Gasteiger charge is 2.14. The van der Waals surface area contributed by atoms with Gasteiger partial charge < -0.3 is 14.8 Å². The van der Waals surface area contributed by atoms with Gasteiger partial charge in [0.2, 0.25) is 0 Å².